The average molecular weight is 255 g/mol. The van der Waals surface area contributed by atoms with E-state index >= 15 is 0 Å². The third-order valence-electron chi connectivity index (χ3n) is 2.82. The standard InChI is InChI=1S/C12H17NO3S/c1-2-16-11-5-3-10(4-6-11)12-9-17(14,15)8-7-13-12/h3-6,12-13H,2,7-9H2,1H3. The van der Waals surface area contributed by atoms with Gasteiger partial charge >= 0.3 is 0 Å². The minimum absolute atomic E-state index is 0.0931. The Morgan fingerprint density at radius 1 is 1.35 bits per heavy atom. The molecule has 5 heteroatoms. The number of ether oxygens (including phenoxy) is 1. The molecule has 0 amide bonds. The molecule has 0 saturated carbocycles. The molecule has 4 nitrogen and oxygen atoms in total. The predicted molar refractivity (Wildman–Crippen MR) is 67.0 cm³/mol. The van der Waals surface area contributed by atoms with Crippen LogP contribution in [0.3, 0.4) is 0 Å². The summed E-state index contributed by atoms with van der Waals surface area (Å²) in [7, 11) is -2.89. The van der Waals surface area contributed by atoms with Gasteiger partial charge in [-0.25, -0.2) is 8.42 Å². The van der Waals surface area contributed by atoms with Gasteiger partial charge in [0.1, 0.15) is 5.75 Å². The maximum Gasteiger partial charge on any atom is 0.153 e. The van der Waals surface area contributed by atoms with Crippen molar-refractivity contribution in [3.63, 3.8) is 0 Å². The largest absolute Gasteiger partial charge is 0.494 e. The van der Waals surface area contributed by atoms with Gasteiger partial charge in [-0.05, 0) is 24.6 Å². The van der Waals surface area contributed by atoms with E-state index in [-0.39, 0.29) is 17.5 Å². The van der Waals surface area contributed by atoms with Gasteiger partial charge in [0, 0.05) is 12.6 Å². The molecule has 0 aliphatic carbocycles. The van der Waals surface area contributed by atoms with E-state index in [9.17, 15) is 8.42 Å². The van der Waals surface area contributed by atoms with Crippen molar-refractivity contribution in [1.82, 2.24) is 5.32 Å². The number of nitrogens with one attached hydrogen (secondary N) is 1. The maximum absolute atomic E-state index is 11.5. The number of rotatable bonds is 3. The first-order valence-electron chi connectivity index (χ1n) is 5.77. The monoisotopic (exact) mass is 255 g/mol. The Bertz CT molecular complexity index is 467. The molecule has 0 radical (unpaired) electrons. The van der Waals surface area contributed by atoms with E-state index in [1.807, 2.05) is 31.2 Å². The SMILES string of the molecule is CCOc1ccc(C2CS(=O)(=O)CCN2)cc1. The van der Waals surface area contributed by atoms with Crippen LogP contribution in [0.1, 0.15) is 18.5 Å². The van der Waals surface area contributed by atoms with Crippen LogP contribution in [-0.4, -0.2) is 33.1 Å². The highest BCUT2D eigenvalue weighted by Crippen LogP contribution is 2.21. The van der Waals surface area contributed by atoms with Gasteiger partial charge in [-0.3, -0.25) is 0 Å². The molecule has 94 valence electrons. The molecule has 0 bridgehead atoms. The number of sulfone groups is 1. The zero-order valence-corrected chi connectivity index (χ0v) is 10.7. The summed E-state index contributed by atoms with van der Waals surface area (Å²) in [5.41, 5.74) is 0.997. The Hall–Kier alpha value is -1.07. The van der Waals surface area contributed by atoms with Gasteiger partial charge < -0.3 is 10.1 Å². The molecule has 1 unspecified atom stereocenters. The Kier molecular flexibility index (Phi) is 3.69. The normalized spacial score (nSPS) is 23.2. The molecule has 1 saturated heterocycles. The summed E-state index contributed by atoms with van der Waals surface area (Å²) in [6.45, 7) is 3.10. The predicted octanol–water partition coefficient (Wildman–Crippen LogP) is 1.14. The zero-order valence-electron chi connectivity index (χ0n) is 9.85. The summed E-state index contributed by atoms with van der Waals surface area (Å²) in [6, 6.07) is 7.50. The third kappa shape index (κ3) is 3.20. The third-order valence-corrected chi connectivity index (χ3v) is 4.49. The smallest absolute Gasteiger partial charge is 0.153 e. The Balaban J connectivity index is 2.11. The van der Waals surface area contributed by atoms with E-state index < -0.39 is 9.84 Å². The average Bonchev–Trinajstić information content (AvgIpc) is 2.29. The summed E-state index contributed by atoms with van der Waals surface area (Å²) in [4.78, 5) is 0. The van der Waals surface area contributed by atoms with Crippen molar-refractivity contribution < 1.29 is 13.2 Å². The lowest BCUT2D eigenvalue weighted by atomic mass is 10.1. The first-order valence-corrected chi connectivity index (χ1v) is 7.59. The van der Waals surface area contributed by atoms with Crippen molar-refractivity contribution in [2.75, 3.05) is 24.7 Å². The molecular weight excluding hydrogens is 238 g/mol. The molecule has 1 aliphatic rings. The minimum atomic E-state index is -2.89. The van der Waals surface area contributed by atoms with E-state index in [0.717, 1.165) is 11.3 Å². The highest BCUT2D eigenvalue weighted by molar-refractivity contribution is 7.91. The van der Waals surface area contributed by atoms with Crippen LogP contribution in [0.2, 0.25) is 0 Å². The van der Waals surface area contributed by atoms with Crippen LogP contribution >= 0.6 is 0 Å². The van der Waals surface area contributed by atoms with Crippen LogP contribution in [-0.2, 0) is 9.84 Å². The zero-order chi connectivity index (χ0) is 12.3. The molecule has 1 aromatic rings. The summed E-state index contributed by atoms with van der Waals surface area (Å²) < 4.78 is 28.4. The fraction of sp³-hybridized carbons (Fsp3) is 0.500. The molecule has 1 heterocycles. The van der Waals surface area contributed by atoms with Crippen LogP contribution in [0.25, 0.3) is 0 Å². The maximum atomic E-state index is 11.5. The topological polar surface area (TPSA) is 55.4 Å². The lowest BCUT2D eigenvalue weighted by molar-refractivity contribution is 0.340. The van der Waals surface area contributed by atoms with Crippen LogP contribution < -0.4 is 10.1 Å². The molecule has 0 aromatic heterocycles. The van der Waals surface area contributed by atoms with Gasteiger partial charge in [0.2, 0.25) is 0 Å². The number of hydrogen-bond donors (Lipinski definition) is 1. The molecule has 1 atom stereocenters. The molecule has 1 aliphatic heterocycles. The first-order chi connectivity index (χ1) is 8.11. The Labute approximate surface area is 102 Å². The summed E-state index contributed by atoms with van der Waals surface area (Å²) in [5, 5.41) is 3.22. The van der Waals surface area contributed by atoms with Crippen LogP contribution in [0.5, 0.6) is 5.75 Å². The highest BCUT2D eigenvalue weighted by Gasteiger charge is 2.25. The van der Waals surface area contributed by atoms with Gasteiger partial charge in [-0.1, -0.05) is 12.1 Å². The molecule has 1 fully saturated rings. The van der Waals surface area contributed by atoms with Gasteiger partial charge in [0.05, 0.1) is 18.1 Å². The Morgan fingerprint density at radius 3 is 2.65 bits per heavy atom. The molecule has 1 N–H and O–H groups in total. The van der Waals surface area contributed by atoms with Crippen LogP contribution in [0, 0.1) is 0 Å². The van der Waals surface area contributed by atoms with Crippen molar-refractivity contribution in [2.24, 2.45) is 0 Å². The van der Waals surface area contributed by atoms with Crippen molar-refractivity contribution in [3.05, 3.63) is 29.8 Å². The first kappa shape index (κ1) is 12.4. The van der Waals surface area contributed by atoms with Crippen molar-refractivity contribution in [1.29, 1.82) is 0 Å². The van der Waals surface area contributed by atoms with Gasteiger partial charge in [-0.2, -0.15) is 0 Å². The van der Waals surface area contributed by atoms with Gasteiger partial charge in [0.15, 0.2) is 9.84 Å². The van der Waals surface area contributed by atoms with E-state index in [4.69, 9.17) is 4.74 Å². The molecule has 0 spiro atoms. The fourth-order valence-electron chi connectivity index (χ4n) is 1.96. The summed E-state index contributed by atoms with van der Waals surface area (Å²) in [6.07, 6.45) is 0. The highest BCUT2D eigenvalue weighted by atomic mass is 32.2. The van der Waals surface area contributed by atoms with E-state index in [0.29, 0.717) is 13.2 Å². The fourth-order valence-corrected chi connectivity index (χ4v) is 3.38. The molecule has 2 rings (SSSR count). The molecular formula is C12H17NO3S. The van der Waals surface area contributed by atoms with Crippen molar-refractivity contribution >= 4 is 9.84 Å². The van der Waals surface area contributed by atoms with Crippen molar-refractivity contribution in [2.45, 2.75) is 13.0 Å². The van der Waals surface area contributed by atoms with Crippen molar-refractivity contribution in [3.8, 4) is 5.75 Å². The molecule has 1 aromatic carbocycles. The van der Waals surface area contributed by atoms with Gasteiger partial charge in [0.25, 0.3) is 0 Å². The second kappa shape index (κ2) is 5.06. The minimum Gasteiger partial charge on any atom is -0.494 e. The van der Waals surface area contributed by atoms with Crippen LogP contribution in [0.15, 0.2) is 24.3 Å². The number of hydrogen-bond acceptors (Lipinski definition) is 4. The number of benzene rings is 1. The lowest BCUT2D eigenvalue weighted by Crippen LogP contribution is -2.39. The quantitative estimate of drug-likeness (QED) is 0.880. The summed E-state index contributed by atoms with van der Waals surface area (Å²) in [5.74, 6) is 1.23. The summed E-state index contributed by atoms with van der Waals surface area (Å²) >= 11 is 0. The molecule has 17 heavy (non-hydrogen) atoms. The van der Waals surface area contributed by atoms with Gasteiger partial charge in [-0.15, -0.1) is 0 Å². The van der Waals surface area contributed by atoms with E-state index in [1.165, 1.54) is 0 Å². The van der Waals surface area contributed by atoms with Crippen LogP contribution in [0.4, 0.5) is 0 Å². The second-order valence-corrected chi connectivity index (χ2v) is 6.35. The van der Waals surface area contributed by atoms with E-state index in [2.05, 4.69) is 5.32 Å². The lowest BCUT2D eigenvalue weighted by Gasteiger charge is -2.24. The van der Waals surface area contributed by atoms with E-state index in [1.54, 1.807) is 0 Å². The Morgan fingerprint density at radius 2 is 2.06 bits per heavy atom. The second-order valence-electron chi connectivity index (χ2n) is 4.12.